The molecule has 116 valence electrons. The van der Waals surface area contributed by atoms with Crippen LogP contribution in [0, 0.1) is 0 Å². The second-order valence-electron chi connectivity index (χ2n) is 5.15. The van der Waals surface area contributed by atoms with E-state index in [1.807, 2.05) is 45.0 Å². The van der Waals surface area contributed by atoms with Crippen LogP contribution in [0.1, 0.15) is 20.3 Å². The lowest BCUT2D eigenvalue weighted by atomic mass is 10.2. The largest absolute Gasteiger partial charge is 0.480 e. The van der Waals surface area contributed by atoms with Gasteiger partial charge >= 0.3 is 12.0 Å². The van der Waals surface area contributed by atoms with E-state index >= 15 is 0 Å². The Balaban J connectivity index is 2.78. The highest BCUT2D eigenvalue weighted by Gasteiger charge is 2.21. The van der Waals surface area contributed by atoms with Crippen LogP contribution < -0.4 is 10.2 Å². The summed E-state index contributed by atoms with van der Waals surface area (Å²) in [4.78, 5) is 26.4. The molecule has 0 aliphatic carbocycles. The molecule has 0 fully saturated rings. The van der Waals surface area contributed by atoms with Gasteiger partial charge in [0.15, 0.2) is 0 Å². The number of carboxylic acids is 1. The average Bonchev–Trinajstić information content (AvgIpc) is 2.44. The van der Waals surface area contributed by atoms with Gasteiger partial charge in [-0.25, -0.2) is 4.79 Å². The van der Waals surface area contributed by atoms with E-state index in [4.69, 9.17) is 5.11 Å². The number of urea groups is 1. The van der Waals surface area contributed by atoms with Gasteiger partial charge in [0.1, 0.15) is 6.54 Å². The van der Waals surface area contributed by atoms with Crippen LogP contribution in [0.2, 0.25) is 0 Å². The van der Waals surface area contributed by atoms with Crippen molar-refractivity contribution in [2.45, 2.75) is 26.3 Å². The van der Waals surface area contributed by atoms with Crippen LogP contribution in [0.15, 0.2) is 24.3 Å². The van der Waals surface area contributed by atoms with Gasteiger partial charge in [-0.1, -0.05) is 6.92 Å². The third-order valence-corrected chi connectivity index (χ3v) is 3.32. The summed E-state index contributed by atoms with van der Waals surface area (Å²) in [5.41, 5.74) is 1.67. The van der Waals surface area contributed by atoms with E-state index in [0.29, 0.717) is 12.1 Å². The molecule has 1 aromatic carbocycles. The van der Waals surface area contributed by atoms with Crippen molar-refractivity contribution >= 4 is 23.4 Å². The molecule has 1 unspecified atom stereocenters. The van der Waals surface area contributed by atoms with Crippen molar-refractivity contribution in [3.05, 3.63) is 24.3 Å². The first-order valence-electron chi connectivity index (χ1n) is 6.92. The Labute approximate surface area is 125 Å². The summed E-state index contributed by atoms with van der Waals surface area (Å²) < 4.78 is 0. The molecule has 0 aliphatic heterocycles. The Hall–Kier alpha value is -2.24. The highest BCUT2D eigenvalue weighted by molar-refractivity contribution is 5.91. The van der Waals surface area contributed by atoms with Gasteiger partial charge in [0, 0.05) is 31.5 Å². The van der Waals surface area contributed by atoms with Gasteiger partial charge in [-0.3, -0.25) is 4.79 Å². The molecule has 0 radical (unpaired) electrons. The van der Waals surface area contributed by atoms with Crippen LogP contribution in [0.3, 0.4) is 0 Å². The van der Waals surface area contributed by atoms with Gasteiger partial charge in [0.25, 0.3) is 0 Å². The molecule has 21 heavy (non-hydrogen) atoms. The predicted molar refractivity (Wildman–Crippen MR) is 83.9 cm³/mol. The molecular weight excluding hydrogens is 270 g/mol. The number of aliphatic carboxylic acids is 1. The van der Waals surface area contributed by atoms with Gasteiger partial charge in [-0.05, 0) is 37.6 Å². The summed E-state index contributed by atoms with van der Waals surface area (Å²) in [6, 6.07) is 6.83. The monoisotopic (exact) mass is 293 g/mol. The van der Waals surface area contributed by atoms with E-state index in [9.17, 15) is 9.59 Å². The molecule has 1 aromatic rings. The molecule has 6 heteroatoms. The molecule has 1 rings (SSSR count). The molecular formula is C15H23N3O3. The molecule has 1 atom stereocenters. The van der Waals surface area contributed by atoms with E-state index in [-0.39, 0.29) is 12.6 Å². The van der Waals surface area contributed by atoms with Crippen molar-refractivity contribution in [3.8, 4) is 0 Å². The first kappa shape index (κ1) is 16.8. The van der Waals surface area contributed by atoms with E-state index < -0.39 is 12.0 Å². The maximum Gasteiger partial charge on any atom is 0.323 e. The highest BCUT2D eigenvalue weighted by atomic mass is 16.4. The number of carbonyl (C=O) groups is 2. The van der Waals surface area contributed by atoms with Crippen LogP contribution in [0.4, 0.5) is 16.2 Å². The summed E-state index contributed by atoms with van der Waals surface area (Å²) >= 11 is 0. The quantitative estimate of drug-likeness (QED) is 0.845. The second-order valence-corrected chi connectivity index (χ2v) is 5.15. The van der Waals surface area contributed by atoms with E-state index in [2.05, 4.69) is 5.32 Å². The third-order valence-electron chi connectivity index (χ3n) is 3.32. The molecule has 0 saturated heterocycles. The summed E-state index contributed by atoms with van der Waals surface area (Å²) in [6.45, 7) is 3.44. The molecule has 0 bridgehead atoms. The number of amides is 2. The van der Waals surface area contributed by atoms with Gasteiger partial charge < -0.3 is 20.2 Å². The number of rotatable bonds is 6. The van der Waals surface area contributed by atoms with Crippen LogP contribution in [0.25, 0.3) is 0 Å². The maximum absolute atomic E-state index is 12.2. The van der Waals surface area contributed by atoms with Gasteiger partial charge in [-0.15, -0.1) is 0 Å². The first-order valence-corrected chi connectivity index (χ1v) is 6.92. The molecule has 0 saturated carbocycles. The molecule has 2 N–H and O–H groups in total. The lowest BCUT2D eigenvalue weighted by molar-refractivity contribution is -0.138. The molecule has 0 aliphatic rings. The van der Waals surface area contributed by atoms with Crippen LogP contribution >= 0.6 is 0 Å². The third kappa shape index (κ3) is 4.98. The summed E-state index contributed by atoms with van der Waals surface area (Å²) in [6.07, 6.45) is 0.695. The number of benzene rings is 1. The zero-order valence-corrected chi connectivity index (χ0v) is 13.0. The van der Waals surface area contributed by atoms with Gasteiger partial charge in [0.05, 0.1) is 0 Å². The zero-order valence-electron chi connectivity index (χ0n) is 13.0. The minimum Gasteiger partial charge on any atom is -0.480 e. The van der Waals surface area contributed by atoms with Crippen LogP contribution in [-0.4, -0.2) is 48.7 Å². The summed E-state index contributed by atoms with van der Waals surface area (Å²) in [7, 11) is 3.87. The van der Waals surface area contributed by atoms with E-state index in [0.717, 1.165) is 5.69 Å². The van der Waals surface area contributed by atoms with Crippen molar-refractivity contribution in [1.82, 2.24) is 4.90 Å². The number of hydrogen-bond donors (Lipinski definition) is 2. The summed E-state index contributed by atoms with van der Waals surface area (Å²) in [5.74, 6) is -1.02. The van der Waals surface area contributed by atoms with E-state index in [1.54, 1.807) is 12.1 Å². The van der Waals surface area contributed by atoms with Crippen molar-refractivity contribution < 1.29 is 14.7 Å². The predicted octanol–water partition coefficient (Wildman–Crippen LogP) is 2.47. The smallest absolute Gasteiger partial charge is 0.323 e. The lowest BCUT2D eigenvalue weighted by Gasteiger charge is -2.27. The topological polar surface area (TPSA) is 72.9 Å². The molecule has 0 spiro atoms. The van der Waals surface area contributed by atoms with Crippen molar-refractivity contribution in [1.29, 1.82) is 0 Å². The Morgan fingerprint density at radius 3 is 2.24 bits per heavy atom. The number of carboxylic acid groups (broad SMARTS) is 1. The highest BCUT2D eigenvalue weighted by Crippen LogP contribution is 2.16. The number of anilines is 2. The number of carbonyl (C=O) groups excluding carboxylic acids is 1. The lowest BCUT2D eigenvalue weighted by Crippen LogP contribution is -2.44. The number of nitrogens with zero attached hydrogens (tertiary/aromatic N) is 2. The fraction of sp³-hybridized carbons (Fsp3) is 0.467. The van der Waals surface area contributed by atoms with Crippen molar-refractivity contribution in [2.75, 3.05) is 30.9 Å². The van der Waals surface area contributed by atoms with Crippen LogP contribution in [-0.2, 0) is 4.79 Å². The average molecular weight is 293 g/mol. The minimum absolute atomic E-state index is 0.137. The Kier molecular flexibility index (Phi) is 6.02. The van der Waals surface area contributed by atoms with Crippen molar-refractivity contribution in [3.63, 3.8) is 0 Å². The SMILES string of the molecule is CCC(C)N(CC(=O)O)C(=O)Nc1ccc(N(C)C)cc1. The fourth-order valence-electron chi connectivity index (χ4n) is 1.83. The Morgan fingerprint density at radius 1 is 1.24 bits per heavy atom. The molecule has 6 nitrogen and oxygen atoms in total. The molecule has 2 amide bonds. The van der Waals surface area contributed by atoms with Crippen LogP contribution in [0.5, 0.6) is 0 Å². The van der Waals surface area contributed by atoms with Gasteiger partial charge in [-0.2, -0.15) is 0 Å². The standard InChI is InChI=1S/C15H23N3O3/c1-5-11(2)18(10-14(19)20)15(21)16-12-6-8-13(9-7-12)17(3)4/h6-9,11H,5,10H2,1-4H3,(H,16,21)(H,19,20). The second kappa shape index (κ2) is 7.52. The summed E-state index contributed by atoms with van der Waals surface area (Å²) in [5, 5.41) is 11.6. The molecule has 0 heterocycles. The first-order chi connectivity index (χ1) is 9.85. The Bertz CT molecular complexity index is 485. The van der Waals surface area contributed by atoms with Crippen molar-refractivity contribution in [2.24, 2.45) is 0 Å². The zero-order chi connectivity index (χ0) is 16.0. The van der Waals surface area contributed by atoms with E-state index in [1.165, 1.54) is 4.90 Å². The fourth-order valence-corrected chi connectivity index (χ4v) is 1.83. The minimum atomic E-state index is -1.02. The Morgan fingerprint density at radius 2 is 1.81 bits per heavy atom. The van der Waals surface area contributed by atoms with Gasteiger partial charge in [0.2, 0.25) is 0 Å². The normalized spacial score (nSPS) is 11.6. The number of nitrogens with one attached hydrogen (secondary N) is 1. The maximum atomic E-state index is 12.2. The number of hydrogen-bond acceptors (Lipinski definition) is 3. The molecule has 0 aromatic heterocycles.